The number of piperidine rings is 1. The van der Waals surface area contributed by atoms with Crippen molar-refractivity contribution in [2.24, 2.45) is 0 Å². The SMILES string of the molecule is COc1cc2nc(N)n3nc(C4CCCN(c5cnn(CC(F)(F)F)c5)C4)nc3c2cc1F. The highest BCUT2D eigenvalue weighted by atomic mass is 19.4. The van der Waals surface area contributed by atoms with Gasteiger partial charge in [0.25, 0.3) is 0 Å². The number of rotatable bonds is 4. The second kappa shape index (κ2) is 7.74. The molecule has 1 aliphatic rings. The molecule has 1 unspecified atom stereocenters. The van der Waals surface area contributed by atoms with Crippen LogP contribution >= 0.6 is 0 Å². The Hall–Kier alpha value is -3.64. The van der Waals surface area contributed by atoms with E-state index >= 15 is 0 Å². The van der Waals surface area contributed by atoms with E-state index in [0.29, 0.717) is 41.2 Å². The van der Waals surface area contributed by atoms with E-state index in [4.69, 9.17) is 10.5 Å². The van der Waals surface area contributed by atoms with Gasteiger partial charge in [-0.1, -0.05) is 0 Å². The summed E-state index contributed by atoms with van der Waals surface area (Å²) in [7, 11) is 1.36. The zero-order chi connectivity index (χ0) is 23.3. The van der Waals surface area contributed by atoms with Crippen molar-refractivity contribution in [3.8, 4) is 5.75 Å². The number of fused-ring (bicyclic) bond motifs is 3. The summed E-state index contributed by atoms with van der Waals surface area (Å²) >= 11 is 0. The summed E-state index contributed by atoms with van der Waals surface area (Å²) in [6, 6.07) is 2.74. The maximum atomic E-state index is 14.3. The molecular formula is C20H20F4N8O. The summed E-state index contributed by atoms with van der Waals surface area (Å²) in [5.74, 6) is 0.0167. The van der Waals surface area contributed by atoms with Crippen LogP contribution < -0.4 is 15.4 Å². The van der Waals surface area contributed by atoms with E-state index in [2.05, 4.69) is 20.2 Å². The van der Waals surface area contributed by atoms with Gasteiger partial charge >= 0.3 is 6.18 Å². The lowest BCUT2D eigenvalue weighted by Crippen LogP contribution is -2.34. The molecule has 5 rings (SSSR count). The lowest BCUT2D eigenvalue weighted by atomic mass is 9.97. The van der Waals surface area contributed by atoms with Gasteiger partial charge in [0.2, 0.25) is 5.95 Å². The Morgan fingerprint density at radius 2 is 2.06 bits per heavy atom. The summed E-state index contributed by atoms with van der Waals surface area (Å²) in [5.41, 5.74) is 7.48. The average Bonchev–Trinajstić information content (AvgIpc) is 3.41. The van der Waals surface area contributed by atoms with Crippen molar-refractivity contribution in [2.75, 3.05) is 30.8 Å². The fourth-order valence-electron chi connectivity index (χ4n) is 4.19. The van der Waals surface area contributed by atoms with Gasteiger partial charge < -0.3 is 15.4 Å². The topological polar surface area (TPSA) is 99.4 Å². The van der Waals surface area contributed by atoms with Gasteiger partial charge in [-0.05, 0) is 18.9 Å². The van der Waals surface area contributed by atoms with Crippen LogP contribution in [-0.2, 0) is 6.54 Å². The van der Waals surface area contributed by atoms with Crippen molar-refractivity contribution >= 4 is 28.2 Å². The highest BCUT2D eigenvalue weighted by molar-refractivity contribution is 5.93. The van der Waals surface area contributed by atoms with Gasteiger partial charge in [0.15, 0.2) is 23.0 Å². The minimum atomic E-state index is -4.34. The van der Waals surface area contributed by atoms with Gasteiger partial charge in [0.1, 0.15) is 6.54 Å². The standard InChI is InChI=1S/C20H20F4N8O/c1-33-16-6-15-13(5-14(16)21)18-28-17(29-32(18)19(25)27-15)11-3-2-4-30(8-11)12-7-26-31(9-12)10-20(22,23)24/h5-7,9,11H,2-4,8,10H2,1H3,(H2,25,27). The summed E-state index contributed by atoms with van der Waals surface area (Å²) in [6.07, 6.45) is 0.0618. The maximum Gasteiger partial charge on any atom is 0.408 e. The summed E-state index contributed by atoms with van der Waals surface area (Å²) in [5, 5.41) is 8.78. The molecule has 1 aromatic carbocycles. The number of methoxy groups -OCH3 is 1. The van der Waals surface area contributed by atoms with Crippen LogP contribution in [0.25, 0.3) is 16.6 Å². The first kappa shape index (κ1) is 21.2. The molecule has 1 atom stereocenters. The molecule has 0 saturated carbocycles. The van der Waals surface area contributed by atoms with Crippen molar-refractivity contribution < 1.29 is 22.3 Å². The number of alkyl halides is 3. The fourth-order valence-corrected chi connectivity index (χ4v) is 4.19. The van der Waals surface area contributed by atoms with Crippen LogP contribution in [0.3, 0.4) is 0 Å². The molecule has 3 aromatic heterocycles. The average molecular weight is 464 g/mol. The molecule has 0 bridgehead atoms. The van der Waals surface area contributed by atoms with Gasteiger partial charge in [-0.15, -0.1) is 5.10 Å². The third-order valence-corrected chi connectivity index (χ3v) is 5.70. The van der Waals surface area contributed by atoms with Crippen LogP contribution in [0.4, 0.5) is 29.2 Å². The molecule has 1 saturated heterocycles. The number of anilines is 2. The van der Waals surface area contributed by atoms with Gasteiger partial charge in [0, 0.05) is 36.7 Å². The predicted molar refractivity (Wildman–Crippen MR) is 112 cm³/mol. The largest absolute Gasteiger partial charge is 0.494 e. The zero-order valence-electron chi connectivity index (χ0n) is 17.6. The predicted octanol–water partition coefficient (Wildman–Crippen LogP) is 3.15. The molecule has 174 valence electrons. The van der Waals surface area contributed by atoms with Gasteiger partial charge in [0.05, 0.1) is 24.5 Å². The van der Waals surface area contributed by atoms with Crippen molar-refractivity contribution in [3.05, 3.63) is 36.2 Å². The Kier molecular flexibility index (Phi) is 4.98. The van der Waals surface area contributed by atoms with E-state index in [0.717, 1.165) is 17.5 Å². The van der Waals surface area contributed by atoms with E-state index < -0.39 is 18.5 Å². The third kappa shape index (κ3) is 3.98. The number of hydrogen-bond donors (Lipinski definition) is 1. The fraction of sp³-hybridized carbons (Fsp3) is 0.400. The molecule has 0 spiro atoms. The molecule has 2 N–H and O–H groups in total. The number of nitrogens with two attached hydrogens (primary N) is 1. The number of benzene rings is 1. The molecule has 4 aromatic rings. The van der Waals surface area contributed by atoms with Crippen LogP contribution in [0.5, 0.6) is 5.75 Å². The van der Waals surface area contributed by atoms with Crippen LogP contribution in [-0.4, -0.2) is 55.7 Å². The zero-order valence-corrected chi connectivity index (χ0v) is 17.6. The first-order valence-corrected chi connectivity index (χ1v) is 10.3. The first-order valence-electron chi connectivity index (χ1n) is 10.3. The quantitative estimate of drug-likeness (QED) is 0.463. The number of hydrogen-bond acceptors (Lipinski definition) is 7. The highest BCUT2D eigenvalue weighted by Crippen LogP contribution is 2.31. The van der Waals surface area contributed by atoms with Crippen molar-refractivity contribution in [2.45, 2.75) is 31.5 Å². The van der Waals surface area contributed by atoms with Crippen LogP contribution in [0, 0.1) is 5.82 Å². The molecule has 1 fully saturated rings. The Labute approximate surface area is 184 Å². The van der Waals surface area contributed by atoms with E-state index in [1.54, 1.807) is 0 Å². The maximum absolute atomic E-state index is 14.3. The van der Waals surface area contributed by atoms with E-state index in [9.17, 15) is 17.6 Å². The number of nitrogen functional groups attached to an aromatic ring is 1. The minimum absolute atomic E-state index is 0.0486. The second-order valence-corrected chi connectivity index (χ2v) is 7.98. The molecule has 1 aliphatic heterocycles. The van der Waals surface area contributed by atoms with E-state index in [-0.39, 0.29) is 17.6 Å². The summed E-state index contributed by atoms with van der Waals surface area (Å²) in [4.78, 5) is 10.9. The van der Waals surface area contributed by atoms with Crippen LogP contribution in [0.15, 0.2) is 24.5 Å². The second-order valence-electron chi connectivity index (χ2n) is 7.98. The normalized spacial score (nSPS) is 17.2. The molecule has 0 aliphatic carbocycles. The lowest BCUT2D eigenvalue weighted by molar-refractivity contribution is -0.142. The molecule has 4 heterocycles. The Morgan fingerprint density at radius 3 is 2.82 bits per heavy atom. The summed E-state index contributed by atoms with van der Waals surface area (Å²) < 4.78 is 59.5. The highest BCUT2D eigenvalue weighted by Gasteiger charge is 2.30. The molecule has 33 heavy (non-hydrogen) atoms. The number of nitrogens with zero attached hydrogens (tertiary/aromatic N) is 7. The van der Waals surface area contributed by atoms with E-state index in [1.165, 1.54) is 36.2 Å². The Bertz CT molecular complexity index is 1330. The van der Waals surface area contributed by atoms with Gasteiger partial charge in [-0.3, -0.25) is 4.68 Å². The first-order chi connectivity index (χ1) is 15.7. The van der Waals surface area contributed by atoms with Crippen molar-refractivity contribution in [1.29, 1.82) is 0 Å². The molecule has 13 heteroatoms. The monoisotopic (exact) mass is 464 g/mol. The number of aromatic nitrogens is 6. The van der Waals surface area contributed by atoms with E-state index in [1.807, 2.05) is 4.90 Å². The smallest absolute Gasteiger partial charge is 0.408 e. The summed E-state index contributed by atoms with van der Waals surface area (Å²) in [6.45, 7) is 0.0419. The molecule has 9 nitrogen and oxygen atoms in total. The number of ether oxygens (including phenoxy) is 1. The van der Waals surface area contributed by atoms with Crippen LogP contribution in [0.2, 0.25) is 0 Å². The van der Waals surface area contributed by atoms with Gasteiger partial charge in [-0.25, -0.2) is 14.4 Å². The van der Waals surface area contributed by atoms with Crippen molar-refractivity contribution in [3.63, 3.8) is 0 Å². The number of halogens is 4. The van der Waals surface area contributed by atoms with Gasteiger partial charge in [-0.2, -0.15) is 22.8 Å². The molecule has 0 radical (unpaired) electrons. The Morgan fingerprint density at radius 1 is 1.24 bits per heavy atom. The Balaban J connectivity index is 1.46. The van der Waals surface area contributed by atoms with Crippen molar-refractivity contribution in [1.82, 2.24) is 29.4 Å². The van der Waals surface area contributed by atoms with Crippen LogP contribution in [0.1, 0.15) is 24.6 Å². The molecule has 0 amide bonds. The lowest BCUT2D eigenvalue weighted by Gasteiger charge is -2.32. The minimum Gasteiger partial charge on any atom is -0.494 e. The third-order valence-electron chi connectivity index (χ3n) is 5.70. The molecular weight excluding hydrogens is 444 g/mol.